The molecule has 9 heteroatoms. The number of aryl methyl sites for hydroxylation is 1. The number of aromatic nitrogens is 1. The van der Waals surface area contributed by atoms with Crippen molar-refractivity contribution in [2.45, 2.75) is 45.1 Å². The lowest BCUT2D eigenvalue weighted by molar-refractivity contribution is -0.271. The van der Waals surface area contributed by atoms with Gasteiger partial charge in [-0.2, -0.15) is 13.2 Å². The van der Waals surface area contributed by atoms with E-state index in [-0.39, 0.29) is 5.76 Å². The Morgan fingerprint density at radius 1 is 1.43 bits per heavy atom. The van der Waals surface area contributed by atoms with Crippen LogP contribution in [0.5, 0.6) is 0 Å². The second-order valence-corrected chi connectivity index (χ2v) is 5.49. The van der Waals surface area contributed by atoms with E-state index in [1.165, 1.54) is 6.92 Å². The predicted octanol–water partition coefficient (Wildman–Crippen LogP) is 2.26. The molecular weight excluding hydrogens is 293 g/mol. The number of ether oxygens (including phenoxy) is 1. The third-order valence-corrected chi connectivity index (χ3v) is 2.33. The standard InChI is InChI=1S/C12H17F3N2O4/c1-7-5-16-8(20-7)11(19,12(13,14)15)6-17-9(18)21-10(2,3)4/h5,19H,6H2,1-4H3,(H,17,18). The SMILES string of the molecule is Cc1cnc(C(O)(CNC(=O)OC(C)(C)C)C(F)(F)F)o1. The third-order valence-electron chi connectivity index (χ3n) is 2.33. The molecule has 1 aromatic rings. The van der Waals surface area contributed by atoms with Crippen molar-refractivity contribution in [1.82, 2.24) is 10.3 Å². The molecule has 1 amide bonds. The smallest absolute Gasteiger partial charge is 0.428 e. The van der Waals surface area contributed by atoms with Crippen LogP contribution in [0, 0.1) is 6.92 Å². The van der Waals surface area contributed by atoms with Crippen molar-refractivity contribution in [3.63, 3.8) is 0 Å². The number of oxazole rings is 1. The van der Waals surface area contributed by atoms with Crippen molar-refractivity contribution >= 4 is 6.09 Å². The fourth-order valence-corrected chi connectivity index (χ4v) is 1.36. The highest BCUT2D eigenvalue weighted by Gasteiger charge is 2.59. The number of rotatable bonds is 3. The fraction of sp³-hybridized carbons (Fsp3) is 0.667. The minimum atomic E-state index is -5.08. The fourth-order valence-electron chi connectivity index (χ4n) is 1.36. The van der Waals surface area contributed by atoms with E-state index in [4.69, 9.17) is 9.15 Å². The van der Waals surface area contributed by atoms with Crippen molar-refractivity contribution in [3.05, 3.63) is 17.8 Å². The molecular formula is C12H17F3N2O4. The highest BCUT2D eigenvalue weighted by atomic mass is 19.4. The zero-order chi connectivity index (χ0) is 16.5. The number of nitrogens with zero attached hydrogens (tertiary/aromatic N) is 1. The largest absolute Gasteiger partial charge is 0.444 e. The molecule has 0 radical (unpaired) electrons. The molecule has 0 bridgehead atoms. The Labute approximate surface area is 119 Å². The number of halogens is 3. The highest BCUT2D eigenvalue weighted by molar-refractivity contribution is 5.67. The van der Waals surface area contributed by atoms with E-state index in [1.807, 2.05) is 5.32 Å². The van der Waals surface area contributed by atoms with Crippen LogP contribution in [-0.2, 0) is 10.3 Å². The van der Waals surface area contributed by atoms with Gasteiger partial charge in [-0.05, 0) is 27.7 Å². The molecule has 120 valence electrons. The maximum Gasteiger partial charge on any atom is 0.428 e. The van der Waals surface area contributed by atoms with Crippen LogP contribution in [-0.4, -0.2) is 34.5 Å². The van der Waals surface area contributed by atoms with E-state index >= 15 is 0 Å². The predicted molar refractivity (Wildman–Crippen MR) is 65.4 cm³/mol. The molecule has 1 rings (SSSR count). The van der Waals surface area contributed by atoms with Gasteiger partial charge < -0.3 is 19.6 Å². The van der Waals surface area contributed by atoms with Gasteiger partial charge in [0, 0.05) is 0 Å². The number of hydrogen-bond donors (Lipinski definition) is 2. The summed E-state index contributed by atoms with van der Waals surface area (Å²) < 4.78 is 48.7. The number of aliphatic hydroxyl groups is 1. The zero-order valence-electron chi connectivity index (χ0n) is 12.0. The second-order valence-electron chi connectivity index (χ2n) is 5.49. The van der Waals surface area contributed by atoms with E-state index in [2.05, 4.69) is 4.98 Å². The van der Waals surface area contributed by atoms with Crippen molar-refractivity contribution in [2.24, 2.45) is 0 Å². The summed E-state index contributed by atoms with van der Waals surface area (Å²) in [6.45, 7) is 4.87. The van der Waals surface area contributed by atoms with Gasteiger partial charge in [-0.25, -0.2) is 9.78 Å². The number of alkyl carbamates (subject to hydrolysis) is 1. The zero-order valence-corrected chi connectivity index (χ0v) is 12.0. The van der Waals surface area contributed by atoms with Crippen LogP contribution in [0.1, 0.15) is 32.4 Å². The number of amides is 1. The van der Waals surface area contributed by atoms with Crippen LogP contribution in [0.3, 0.4) is 0 Å². The Morgan fingerprint density at radius 3 is 2.38 bits per heavy atom. The summed E-state index contributed by atoms with van der Waals surface area (Å²) in [4.78, 5) is 14.8. The van der Waals surface area contributed by atoms with Gasteiger partial charge >= 0.3 is 12.3 Å². The quantitative estimate of drug-likeness (QED) is 0.894. The van der Waals surface area contributed by atoms with Gasteiger partial charge in [0.05, 0.1) is 12.7 Å². The normalized spacial score (nSPS) is 15.4. The monoisotopic (exact) mass is 310 g/mol. The van der Waals surface area contributed by atoms with Crippen LogP contribution in [0.25, 0.3) is 0 Å². The maximum absolute atomic E-state index is 13.0. The van der Waals surface area contributed by atoms with Crippen LogP contribution in [0.2, 0.25) is 0 Å². The molecule has 0 fully saturated rings. The number of carbonyl (C=O) groups is 1. The van der Waals surface area contributed by atoms with Crippen molar-refractivity contribution < 1.29 is 32.2 Å². The Balaban J connectivity index is 2.89. The molecule has 0 aliphatic carbocycles. The molecule has 0 spiro atoms. The van der Waals surface area contributed by atoms with Crippen LogP contribution in [0.15, 0.2) is 10.6 Å². The molecule has 1 aromatic heterocycles. The molecule has 6 nitrogen and oxygen atoms in total. The first-order chi connectivity index (χ1) is 9.35. The van der Waals surface area contributed by atoms with Crippen LogP contribution < -0.4 is 5.32 Å². The van der Waals surface area contributed by atoms with Crippen LogP contribution in [0.4, 0.5) is 18.0 Å². The number of carbonyl (C=O) groups excluding carboxylic acids is 1. The van der Waals surface area contributed by atoms with Gasteiger partial charge in [0.2, 0.25) is 5.89 Å². The average Bonchev–Trinajstić information content (AvgIpc) is 2.69. The van der Waals surface area contributed by atoms with E-state index in [9.17, 15) is 23.1 Å². The van der Waals surface area contributed by atoms with Gasteiger partial charge in [-0.15, -0.1) is 0 Å². The second kappa shape index (κ2) is 5.55. The maximum atomic E-state index is 13.0. The molecule has 1 unspecified atom stereocenters. The summed E-state index contributed by atoms with van der Waals surface area (Å²) in [5.74, 6) is -0.839. The van der Waals surface area contributed by atoms with Gasteiger partial charge in [0.25, 0.3) is 5.60 Å². The molecule has 21 heavy (non-hydrogen) atoms. The van der Waals surface area contributed by atoms with Crippen molar-refractivity contribution in [1.29, 1.82) is 0 Å². The summed E-state index contributed by atoms with van der Waals surface area (Å²) >= 11 is 0. The molecule has 2 N–H and O–H groups in total. The van der Waals surface area contributed by atoms with E-state index < -0.39 is 35.9 Å². The molecule has 0 aliphatic rings. The third kappa shape index (κ3) is 4.35. The molecule has 0 aliphatic heterocycles. The van der Waals surface area contributed by atoms with E-state index in [1.54, 1.807) is 20.8 Å². The Hall–Kier alpha value is -1.77. The lowest BCUT2D eigenvalue weighted by Gasteiger charge is -2.28. The average molecular weight is 310 g/mol. The Morgan fingerprint density at radius 2 is 2.00 bits per heavy atom. The molecule has 0 aromatic carbocycles. The first kappa shape index (κ1) is 17.3. The summed E-state index contributed by atoms with van der Waals surface area (Å²) in [5.41, 5.74) is -4.31. The number of alkyl halides is 3. The number of hydrogen-bond acceptors (Lipinski definition) is 5. The van der Waals surface area contributed by atoms with Gasteiger partial charge in [0.15, 0.2) is 0 Å². The minimum absolute atomic E-state index is 0.102. The Bertz CT molecular complexity index is 507. The molecule has 1 heterocycles. The summed E-state index contributed by atoms with van der Waals surface area (Å²) in [5, 5.41) is 11.7. The van der Waals surface area contributed by atoms with Crippen LogP contribution >= 0.6 is 0 Å². The summed E-state index contributed by atoms with van der Waals surface area (Å²) in [6.07, 6.45) is -5.13. The van der Waals surface area contributed by atoms with E-state index in [0.717, 1.165) is 6.20 Å². The topological polar surface area (TPSA) is 84.6 Å². The van der Waals surface area contributed by atoms with E-state index in [0.29, 0.717) is 0 Å². The highest BCUT2D eigenvalue weighted by Crippen LogP contribution is 2.38. The molecule has 1 atom stereocenters. The van der Waals surface area contributed by atoms with Crippen molar-refractivity contribution in [2.75, 3.05) is 6.54 Å². The van der Waals surface area contributed by atoms with Gasteiger partial charge in [-0.1, -0.05) is 0 Å². The lowest BCUT2D eigenvalue weighted by atomic mass is 10.0. The molecule has 0 saturated heterocycles. The lowest BCUT2D eigenvalue weighted by Crippen LogP contribution is -2.51. The van der Waals surface area contributed by atoms with Gasteiger partial charge in [-0.3, -0.25) is 0 Å². The Kier molecular flexibility index (Phi) is 4.57. The minimum Gasteiger partial charge on any atom is -0.444 e. The first-order valence-electron chi connectivity index (χ1n) is 6.04. The number of nitrogens with one attached hydrogen (secondary N) is 1. The first-order valence-corrected chi connectivity index (χ1v) is 6.04. The molecule has 0 saturated carbocycles. The summed E-state index contributed by atoms with van der Waals surface area (Å²) in [7, 11) is 0. The van der Waals surface area contributed by atoms with Crippen molar-refractivity contribution in [3.8, 4) is 0 Å². The summed E-state index contributed by atoms with van der Waals surface area (Å²) in [6, 6.07) is 0. The van der Waals surface area contributed by atoms with Gasteiger partial charge in [0.1, 0.15) is 11.4 Å².